The van der Waals surface area contributed by atoms with Crippen LogP contribution < -0.4 is 0 Å². The summed E-state index contributed by atoms with van der Waals surface area (Å²) in [4.78, 5) is 0. The Balaban J connectivity index is 3.06. The maximum atomic E-state index is 10.7. The van der Waals surface area contributed by atoms with Gasteiger partial charge in [0.15, 0.2) is 6.29 Å². The Morgan fingerprint density at radius 1 is 1.15 bits per heavy atom. The van der Waals surface area contributed by atoms with Crippen molar-refractivity contribution in [1.82, 2.24) is 0 Å². The zero-order valence-corrected chi connectivity index (χ0v) is 13.8. The maximum absolute atomic E-state index is 10.7. The summed E-state index contributed by atoms with van der Waals surface area (Å²) in [6.07, 6.45) is -1.04. The highest BCUT2D eigenvalue weighted by atomic mass is 16.7. The third kappa shape index (κ3) is 3.42. The van der Waals surface area contributed by atoms with Gasteiger partial charge in [-0.25, -0.2) is 0 Å². The molecule has 5 atom stereocenters. The zero-order chi connectivity index (χ0) is 15.7. The molecule has 1 saturated heterocycles. The Labute approximate surface area is 122 Å². The molecular weight excluding hydrogens is 256 g/mol. The minimum atomic E-state index is -0.736. The molecule has 0 aromatic rings. The Morgan fingerprint density at radius 2 is 1.70 bits per heavy atom. The van der Waals surface area contributed by atoms with Crippen LogP contribution in [-0.2, 0) is 9.47 Å². The van der Waals surface area contributed by atoms with E-state index in [0.717, 1.165) is 17.6 Å². The Kier molecular flexibility index (Phi) is 5.79. The van der Waals surface area contributed by atoms with Crippen molar-refractivity contribution in [1.29, 1.82) is 0 Å². The van der Waals surface area contributed by atoms with Gasteiger partial charge in [-0.1, -0.05) is 20.8 Å². The molecule has 1 unspecified atom stereocenters. The normalized spacial score (nSPS) is 34.4. The summed E-state index contributed by atoms with van der Waals surface area (Å²) >= 11 is 0. The third-order valence-corrected chi connectivity index (χ3v) is 4.61. The van der Waals surface area contributed by atoms with Gasteiger partial charge in [0.1, 0.15) is 6.10 Å². The van der Waals surface area contributed by atoms with E-state index in [1.807, 2.05) is 20.8 Å². The van der Waals surface area contributed by atoms with Crippen molar-refractivity contribution < 1.29 is 19.7 Å². The van der Waals surface area contributed by atoms with E-state index in [9.17, 15) is 10.2 Å². The zero-order valence-electron chi connectivity index (χ0n) is 13.8. The second-order valence-corrected chi connectivity index (χ2v) is 6.47. The van der Waals surface area contributed by atoms with Crippen LogP contribution in [0.2, 0.25) is 0 Å². The fourth-order valence-electron chi connectivity index (χ4n) is 2.90. The van der Waals surface area contributed by atoms with Gasteiger partial charge in [0.25, 0.3) is 0 Å². The molecule has 0 spiro atoms. The average molecular weight is 286 g/mol. The predicted molar refractivity (Wildman–Crippen MR) is 79.3 cm³/mol. The first-order valence-electron chi connectivity index (χ1n) is 7.47. The lowest BCUT2D eigenvalue weighted by Gasteiger charge is -2.48. The van der Waals surface area contributed by atoms with Crippen molar-refractivity contribution >= 4 is 0 Å². The van der Waals surface area contributed by atoms with Crippen LogP contribution in [-0.4, -0.2) is 40.9 Å². The molecule has 2 N–H and O–H groups in total. The average Bonchev–Trinajstić information content (AvgIpc) is 2.38. The smallest absolute Gasteiger partial charge is 0.155 e. The van der Waals surface area contributed by atoms with Crippen LogP contribution in [0.25, 0.3) is 0 Å². The third-order valence-electron chi connectivity index (χ3n) is 4.61. The van der Waals surface area contributed by atoms with E-state index in [1.54, 1.807) is 6.92 Å². The molecule has 1 rings (SSSR count). The number of hydrogen-bond donors (Lipinski definition) is 2. The molecule has 0 amide bonds. The van der Waals surface area contributed by atoms with E-state index >= 15 is 0 Å². The van der Waals surface area contributed by atoms with Gasteiger partial charge in [-0.3, -0.25) is 0 Å². The molecule has 1 fully saturated rings. The number of hydrogen-bond acceptors (Lipinski definition) is 4. The Bertz CT molecular complexity index is 359. The largest absolute Gasteiger partial charge is 0.389 e. The summed E-state index contributed by atoms with van der Waals surface area (Å²) in [7, 11) is 0. The minimum Gasteiger partial charge on any atom is -0.389 e. The van der Waals surface area contributed by atoms with Crippen LogP contribution in [0.1, 0.15) is 54.9 Å². The van der Waals surface area contributed by atoms with Gasteiger partial charge in [-0.2, -0.15) is 0 Å². The second kappa shape index (κ2) is 6.56. The molecular formula is C16H30O4. The molecule has 4 nitrogen and oxygen atoms in total. The van der Waals surface area contributed by atoms with Crippen molar-refractivity contribution in [3.63, 3.8) is 0 Å². The summed E-state index contributed by atoms with van der Waals surface area (Å²) < 4.78 is 11.7. The SMILES string of the molecule is CC[C@@H]1OC(C)O[C@@H]([C@@H](O)/C(C)=C(\C)[C@H](C)O)C1(C)C. The quantitative estimate of drug-likeness (QED) is 0.780. The van der Waals surface area contributed by atoms with Gasteiger partial charge in [0, 0.05) is 5.41 Å². The van der Waals surface area contributed by atoms with E-state index in [2.05, 4.69) is 20.8 Å². The maximum Gasteiger partial charge on any atom is 0.155 e. The fraction of sp³-hybridized carbons (Fsp3) is 0.875. The molecule has 0 aromatic heterocycles. The van der Waals surface area contributed by atoms with Crippen molar-refractivity contribution in [2.24, 2.45) is 5.41 Å². The molecule has 118 valence electrons. The van der Waals surface area contributed by atoms with E-state index in [-0.39, 0.29) is 23.9 Å². The highest BCUT2D eigenvalue weighted by Crippen LogP contribution is 2.40. The molecule has 4 heteroatoms. The lowest BCUT2D eigenvalue weighted by atomic mass is 9.74. The second-order valence-electron chi connectivity index (χ2n) is 6.47. The van der Waals surface area contributed by atoms with Gasteiger partial charge in [0.2, 0.25) is 0 Å². The summed E-state index contributed by atoms with van der Waals surface area (Å²) in [5.74, 6) is 0. The minimum absolute atomic E-state index is 0.0468. The summed E-state index contributed by atoms with van der Waals surface area (Å²) in [5.41, 5.74) is 1.28. The van der Waals surface area contributed by atoms with Crippen LogP contribution in [0.5, 0.6) is 0 Å². The first-order chi connectivity index (χ1) is 9.12. The van der Waals surface area contributed by atoms with E-state index in [1.165, 1.54) is 0 Å². The van der Waals surface area contributed by atoms with Gasteiger partial charge in [-0.15, -0.1) is 0 Å². The van der Waals surface area contributed by atoms with Crippen LogP contribution in [0.3, 0.4) is 0 Å². The van der Waals surface area contributed by atoms with Crippen LogP contribution in [0, 0.1) is 5.41 Å². The lowest BCUT2D eigenvalue weighted by molar-refractivity contribution is -0.300. The molecule has 20 heavy (non-hydrogen) atoms. The fourth-order valence-corrected chi connectivity index (χ4v) is 2.90. The lowest BCUT2D eigenvalue weighted by Crippen LogP contribution is -2.56. The van der Waals surface area contributed by atoms with Crippen molar-refractivity contribution in [3.05, 3.63) is 11.1 Å². The monoisotopic (exact) mass is 286 g/mol. The van der Waals surface area contributed by atoms with Crippen molar-refractivity contribution in [3.8, 4) is 0 Å². The van der Waals surface area contributed by atoms with Gasteiger partial charge in [-0.05, 0) is 45.3 Å². The molecule has 0 bridgehead atoms. The Hall–Kier alpha value is -0.420. The van der Waals surface area contributed by atoms with Gasteiger partial charge < -0.3 is 19.7 Å². The van der Waals surface area contributed by atoms with E-state index < -0.39 is 12.2 Å². The summed E-state index contributed by atoms with van der Waals surface area (Å²) in [6, 6.07) is 0. The highest BCUT2D eigenvalue weighted by Gasteiger charge is 2.47. The number of aliphatic hydroxyl groups is 2. The van der Waals surface area contributed by atoms with E-state index in [0.29, 0.717) is 0 Å². The number of aliphatic hydroxyl groups excluding tert-OH is 2. The van der Waals surface area contributed by atoms with Crippen LogP contribution in [0.4, 0.5) is 0 Å². The van der Waals surface area contributed by atoms with Crippen molar-refractivity contribution in [2.75, 3.05) is 0 Å². The number of rotatable bonds is 4. The summed E-state index contributed by atoms with van der Waals surface area (Å²) in [5, 5.41) is 20.4. The molecule has 0 aromatic carbocycles. The van der Waals surface area contributed by atoms with Gasteiger partial charge in [0.05, 0.1) is 18.3 Å². The molecule has 0 aliphatic carbocycles. The predicted octanol–water partition coefficient (Wildman–Crippen LogP) is 2.63. The summed E-state index contributed by atoms with van der Waals surface area (Å²) in [6.45, 7) is 13.5. The molecule has 1 heterocycles. The van der Waals surface area contributed by atoms with E-state index in [4.69, 9.17) is 9.47 Å². The highest BCUT2D eigenvalue weighted by molar-refractivity contribution is 5.20. The molecule has 0 radical (unpaired) electrons. The van der Waals surface area contributed by atoms with Crippen LogP contribution in [0.15, 0.2) is 11.1 Å². The molecule has 0 saturated carbocycles. The first kappa shape index (κ1) is 17.6. The first-order valence-corrected chi connectivity index (χ1v) is 7.47. The van der Waals surface area contributed by atoms with Crippen LogP contribution >= 0.6 is 0 Å². The van der Waals surface area contributed by atoms with Gasteiger partial charge >= 0.3 is 0 Å². The van der Waals surface area contributed by atoms with Crippen molar-refractivity contribution in [2.45, 2.75) is 85.6 Å². The topological polar surface area (TPSA) is 58.9 Å². The standard InChI is InChI=1S/C16H30O4/c1-8-13-16(6,7)15(20-12(5)19-13)14(18)10(3)9(2)11(4)17/h11-15,17-18H,8H2,1-7H3/b10-9+/t11-,12?,13-,14-,15-/m0/s1. The Morgan fingerprint density at radius 3 is 2.15 bits per heavy atom. The molecule has 1 aliphatic rings. The molecule has 1 aliphatic heterocycles. The number of ether oxygens (including phenoxy) is 2.